The van der Waals surface area contributed by atoms with Crippen molar-refractivity contribution in [3.8, 4) is 5.75 Å². The minimum absolute atomic E-state index is 0.0920. The van der Waals surface area contributed by atoms with Gasteiger partial charge in [0.25, 0.3) is 11.8 Å². The van der Waals surface area contributed by atoms with E-state index in [2.05, 4.69) is 10.0 Å². The molecule has 2 amide bonds. The Kier molecular flexibility index (Phi) is 14.7. The van der Waals surface area contributed by atoms with E-state index in [-0.39, 0.29) is 37.5 Å². The summed E-state index contributed by atoms with van der Waals surface area (Å²) >= 11 is 0. The van der Waals surface area contributed by atoms with Crippen LogP contribution < -0.4 is 4.74 Å². The second-order valence-corrected chi connectivity index (χ2v) is 14.8. The summed E-state index contributed by atoms with van der Waals surface area (Å²) in [5.74, 6) is -3.05. The molecule has 3 fully saturated rings. The zero-order valence-corrected chi connectivity index (χ0v) is 34.7. The topological polar surface area (TPSA) is 239 Å². The smallest absolute Gasteiger partial charge is 0.303 e. The second kappa shape index (κ2) is 20.5. The first-order valence-electron chi connectivity index (χ1n) is 20.1. The Hall–Kier alpha value is -5.96. The highest BCUT2D eigenvalue weighted by Gasteiger charge is 2.60. The lowest BCUT2D eigenvalue weighted by atomic mass is 9.93. The standard InChI is InChI=1S/C43H46N4O16/c1-23(48)55-21-31-35(58-24(2)49)37(56-20-26-14-16-28(53-4)17-15-26)38(59-25(3)50)43(61-31)63-36-33(47-39(51)29-12-8-9-13-30(29)40(47)52)42(54-19-18-45-46-44)60-32-22-57-41(62-34(32)36)27-10-6-5-7-11-27/h5-17,31-38,41-43H,18-22H2,1-4H3/t31-,32-,33-,34-,35+,36-,37+,38-,41?,42-,43+/m1/s1. The van der Waals surface area contributed by atoms with Gasteiger partial charge < -0.3 is 52.1 Å². The molecule has 0 aromatic heterocycles. The van der Waals surface area contributed by atoms with Crippen LogP contribution in [0, 0.1) is 0 Å². The van der Waals surface area contributed by atoms with Crippen molar-refractivity contribution >= 4 is 29.7 Å². The van der Waals surface area contributed by atoms with Crippen molar-refractivity contribution in [1.29, 1.82) is 0 Å². The van der Waals surface area contributed by atoms with Crippen LogP contribution >= 0.6 is 0 Å². The van der Waals surface area contributed by atoms with Gasteiger partial charge in [-0.15, -0.1) is 0 Å². The number of hydrogen-bond acceptors (Lipinski definition) is 17. The van der Waals surface area contributed by atoms with E-state index >= 15 is 0 Å². The van der Waals surface area contributed by atoms with Gasteiger partial charge in [-0.05, 0) is 35.4 Å². The summed E-state index contributed by atoms with van der Waals surface area (Å²) in [5.41, 5.74) is 10.5. The third kappa shape index (κ3) is 10.3. The van der Waals surface area contributed by atoms with Crippen LogP contribution in [0.15, 0.2) is 84.0 Å². The molecule has 3 aromatic rings. The number of rotatable bonds is 16. The van der Waals surface area contributed by atoms with Crippen molar-refractivity contribution < 1.29 is 76.1 Å². The predicted molar refractivity (Wildman–Crippen MR) is 212 cm³/mol. The average molecular weight is 875 g/mol. The fourth-order valence-electron chi connectivity index (χ4n) is 7.87. The number of nitrogens with zero attached hydrogens (tertiary/aromatic N) is 4. The number of hydrogen-bond donors (Lipinski definition) is 0. The Morgan fingerprint density at radius 3 is 2.08 bits per heavy atom. The molecule has 20 heteroatoms. The maximum absolute atomic E-state index is 14.4. The van der Waals surface area contributed by atoms with Gasteiger partial charge in [-0.25, -0.2) is 0 Å². The third-order valence-electron chi connectivity index (χ3n) is 10.6. The lowest BCUT2D eigenvalue weighted by molar-refractivity contribution is -0.383. The second-order valence-electron chi connectivity index (χ2n) is 14.8. The molecule has 3 saturated heterocycles. The van der Waals surface area contributed by atoms with Crippen molar-refractivity contribution in [2.24, 2.45) is 5.11 Å². The highest BCUT2D eigenvalue weighted by molar-refractivity contribution is 6.21. The van der Waals surface area contributed by atoms with Gasteiger partial charge in [-0.3, -0.25) is 28.9 Å². The largest absolute Gasteiger partial charge is 0.497 e. The van der Waals surface area contributed by atoms with E-state index in [1.165, 1.54) is 26.2 Å². The molecular formula is C43H46N4O16. The SMILES string of the molecule is COc1ccc(CO[C@H]2[C@@H](OC(C)=O)[C@@H](COC(C)=O)O[C@@H](O[C@H]3[C@@H]4OC(c5ccccc5)OC[C@H]4O[C@@H](OCCN=[N+]=[N-])[C@@H]3N3C(=O)c4ccccc4C3=O)[C@@H]2OC(C)=O)cc1. The van der Waals surface area contributed by atoms with Crippen LogP contribution in [0.25, 0.3) is 10.4 Å². The third-order valence-corrected chi connectivity index (χ3v) is 10.6. The van der Waals surface area contributed by atoms with Crippen LogP contribution in [0.4, 0.5) is 0 Å². The van der Waals surface area contributed by atoms with Gasteiger partial charge in [-0.2, -0.15) is 0 Å². The minimum Gasteiger partial charge on any atom is -0.497 e. The number of imide groups is 1. The molecule has 0 N–H and O–H groups in total. The summed E-state index contributed by atoms with van der Waals surface area (Å²) in [6.07, 6.45) is -13.2. The first-order chi connectivity index (χ1) is 30.5. The van der Waals surface area contributed by atoms with Crippen LogP contribution in [-0.4, -0.2) is 129 Å². The van der Waals surface area contributed by atoms with E-state index in [0.29, 0.717) is 16.9 Å². The van der Waals surface area contributed by atoms with Gasteiger partial charge in [0, 0.05) is 37.8 Å². The number of fused-ring (bicyclic) bond motifs is 2. The summed E-state index contributed by atoms with van der Waals surface area (Å²) in [6.45, 7) is 2.46. The Labute approximate surface area is 361 Å². The fraction of sp³-hybridized carbons (Fsp3) is 0.465. The molecule has 0 radical (unpaired) electrons. The van der Waals surface area contributed by atoms with Crippen LogP contribution in [0.2, 0.25) is 0 Å². The fourth-order valence-corrected chi connectivity index (χ4v) is 7.87. The van der Waals surface area contributed by atoms with E-state index in [9.17, 15) is 24.0 Å². The molecule has 4 heterocycles. The Bertz CT molecular complexity index is 2140. The number of ether oxygens (including phenoxy) is 11. The first-order valence-corrected chi connectivity index (χ1v) is 20.1. The molecule has 334 valence electrons. The molecule has 0 spiro atoms. The summed E-state index contributed by atoms with van der Waals surface area (Å²) in [4.78, 5) is 70.4. The van der Waals surface area contributed by atoms with Crippen LogP contribution in [0.5, 0.6) is 5.75 Å². The Morgan fingerprint density at radius 2 is 1.44 bits per heavy atom. The molecule has 20 nitrogen and oxygen atoms in total. The maximum Gasteiger partial charge on any atom is 0.303 e. The molecule has 4 aliphatic rings. The molecule has 7 rings (SSSR count). The van der Waals surface area contributed by atoms with Gasteiger partial charge in [0.2, 0.25) is 0 Å². The number of esters is 3. The van der Waals surface area contributed by atoms with E-state index in [1.807, 2.05) is 6.07 Å². The predicted octanol–water partition coefficient (Wildman–Crippen LogP) is 3.95. The van der Waals surface area contributed by atoms with E-state index in [4.69, 9.17) is 57.6 Å². The van der Waals surface area contributed by atoms with Crippen molar-refractivity contribution in [2.45, 2.75) is 95.0 Å². The zero-order valence-electron chi connectivity index (χ0n) is 34.7. The van der Waals surface area contributed by atoms with Crippen molar-refractivity contribution in [1.82, 2.24) is 4.90 Å². The van der Waals surface area contributed by atoms with Gasteiger partial charge in [0.1, 0.15) is 48.9 Å². The van der Waals surface area contributed by atoms with Gasteiger partial charge >= 0.3 is 17.9 Å². The van der Waals surface area contributed by atoms with Crippen molar-refractivity contribution in [2.75, 3.05) is 33.5 Å². The molecule has 4 aliphatic heterocycles. The van der Waals surface area contributed by atoms with Gasteiger partial charge in [0.15, 0.2) is 31.1 Å². The Morgan fingerprint density at radius 1 is 0.778 bits per heavy atom. The first kappa shape index (κ1) is 45.1. The number of benzene rings is 3. The molecule has 3 aromatic carbocycles. The number of carbonyl (C=O) groups is 5. The monoisotopic (exact) mass is 874 g/mol. The lowest BCUT2D eigenvalue weighted by Crippen LogP contribution is -2.70. The highest BCUT2D eigenvalue weighted by Crippen LogP contribution is 2.42. The molecule has 0 bridgehead atoms. The molecule has 0 aliphatic carbocycles. The van der Waals surface area contributed by atoms with E-state index < -0.39 is 104 Å². The van der Waals surface area contributed by atoms with Crippen molar-refractivity contribution in [3.63, 3.8) is 0 Å². The van der Waals surface area contributed by atoms with E-state index in [1.54, 1.807) is 60.7 Å². The normalized spacial score (nSPS) is 28.8. The minimum atomic E-state index is -1.67. The number of azide groups is 1. The quantitative estimate of drug-likeness (QED) is 0.0377. The summed E-state index contributed by atoms with van der Waals surface area (Å²) < 4.78 is 67.6. The van der Waals surface area contributed by atoms with Gasteiger partial charge in [0.05, 0.1) is 38.1 Å². The summed E-state index contributed by atoms with van der Waals surface area (Å²) in [7, 11) is 1.52. The summed E-state index contributed by atoms with van der Waals surface area (Å²) in [6, 6.07) is 20.7. The molecular weight excluding hydrogens is 828 g/mol. The summed E-state index contributed by atoms with van der Waals surface area (Å²) in [5, 5.41) is 3.55. The number of carbonyl (C=O) groups excluding carboxylic acids is 5. The lowest BCUT2D eigenvalue weighted by Gasteiger charge is -2.52. The number of amides is 2. The average Bonchev–Trinajstić information content (AvgIpc) is 3.53. The molecule has 11 atom stereocenters. The maximum atomic E-state index is 14.4. The molecule has 0 saturated carbocycles. The van der Waals surface area contributed by atoms with Gasteiger partial charge in [-0.1, -0.05) is 59.7 Å². The molecule has 63 heavy (non-hydrogen) atoms. The highest BCUT2D eigenvalue weighted by atomic mass is 16.8. The van der Waals surface area contributed by atoms with Crippen LogP contribution in [0.3, 0.4) is 0 Å². The number of methoxy groups -OCH3 is 1. The Balaban J connectivity index is 1.33. The zero-order chi connectivity index (χ0) is 44.6. The van der Waals surface area contributed by atoms with Crippen LogP contribution in [-0.2, 0) is 68.4 Å². The molecule has 1 unspecified atom stereocenters. The van der Waals surface area contributed by atoms with Crippen molar-refractivity contribution in [3.05, 3.63) is 112 Å². The van der Waals surface area contributed by atoms with E-state index in [0.717, 1.165) is 18.7 Å². The van der Waals surface area contributed by atoms with Crippen LogP contribution in [0.1, 0.15) is 58.9 Å².